The van der Waals surface area contributed by atoms with Crippen molar-refractivity contribution in [2.45, 2.75) is 0 Å². The van der Waals surface area contributed by atoms with Crippen LogP contribution in [-0.2, 0) is 0 Å². The van der Waals surface area contributed by atoms with Gasteiger partial charge in [0.1, 0.15) is 5.69 Å². The number of rotatable bonds is 2. The third kappa shape index (κ3) is 1.70. The minimum atomic E-state index is 0.595. The second-order valence-corrected chi connectivity index (χ2v) is 3.10. The summed E-state index contributed by atoms with van der Waals surface area (Å²) in [5, 5.41) is 4.17. The summed E-state index contributed by atoms with van der Waals surface area (Å²) in [6, 6.07) is 0. The maximum Gasteiger partial charge on any atom is 0.160 e. The Morgan fingerprint density at radius 3 is 3.15 bits per heavy atom. The first-order chi connectivity index (χ1) is 6.40. The van der Waals surface area contributed by atoms with Gasteiger partial charge < -0.3 is 4.98 Å². The smallest absolute Gasteiger partial charge is 0.160 e. The zero-order valence-corrected chi connectivity index (χ0v) is 8.02. The number of aromatic amines is 1. The lowest BCUT2D eigenvalue weighted by molar-refractivity contribution is 1.25. The van der Waals surface area contributed by atoms with E-state index in [0.29, 0.717) is 11.6 Å². The average molecular weight is 208 g/mol. The zero-order chi connectivity index (χ0) is 9.10. The number of imidazole rings is 1. The van der Waals surface area contributed by atoms with Crippen molar-refractivity contribution in [1.29, 1.82) is 0 Å². The quantitative estimate of drug-likeness (QED) is 0.608. The molecule has 0 aromatic carbocycles. The van der Waals surface area contributed by atoms with Crippen LogP contribution in [0.4, 0.5) is 5.82 Å². The van der Waals surface area contributed by atoms with E-state index in [2.05, 4.69) is 37.3 Å². The van der Waals surface area contributed by atoms with Gasteiger partial charge in [0.15, 0.2) is 11.6 Å². The molecule has 0 aliphatic carbocycles. The van der Waals surface area contributed by atoms with Gasteiger partial charge in [0, 0.05) is 5.38 Å². The number of isothiocyanates is 1. The Morgan fingerprint density at radius 1 is 1.54 bits per heavy atom. The van der Waals surface area contributed by atoms with Crippen molar-refractivity contribution in [3.63, 3.8) is 0 Å². The van der Waals surface area contributed by atoms with E-state index >= 15 is 0 Å². The third-order valence-electron chi connectivity index (χ3n) is 1.40. The van der Waals surface area contributed by atoms with Crippen LogP contribution < -0.4 is 0 Å². The van der Waals surface area contributed by atoms with Gasteiger partial charge in [-0.05, 0) is 12.2 Å². The SMILES string of the molecule is S=C=Nc1cnc(-c2cscn2)[nH]1. The summed E-state index contributed by atoms with van der Waals surface area (Å²) >= 11 is 5.98. The molecule has 0 unspecified atom stereocenters. The molecular weight excluding hydrogens is 204 g/mol. The molecule has 4 nitrogen and oxygen atoms in total. The number of thiocarbonyl (C=S) groups is 1. The highest BCUT2D eigenvalue weighted by Crippen LogP contribution is 2.17. The van der Waals surface area contributed by atoms with E-state index in [-0.39, 0.29) is 0 Å². The fourth-order valence-corrected chi connectivity index (χ4v) is 1.51. The molecule has 2 aromatic rings. The lowest BCUT2D eigenvalue weighted by Crippen LogP contribution is -1.77. The molecule has 0 saturated heterocycles. The molecule has 0 spiro atoms. The maximum absolute atomic E-state index is 4.47. The maximum atomic E-state index is 4.47. The van der Waals surface area contributed by atoms with Crippen LogP contribution in [0.3, 0.4) is 0 Å². The molecule has 0 amide bonds. The van der Waals surface area contributed by atoms with Crippen molar-refractivity contribution in [3.05, 3.63) is 17.1 Å². The molecule has 0 saturated carbocycles. The average Bonchev–Trinajstić information content (AvgIpc) is 2.70. The number of aliphatic imine (C=N–C) groups is 1. The lowest BCUT2D eigenvalue weighted by atomic mass is 10.5. The molecule has 6 heteroatoms. The summed E-state index contributed by atoms with van der Waals surface area (Å²) in [5.74, 6) is 1.29. The number of nitrogens with one attached hydrogen (secondary N) is 1. The van der Waals surface area contributed by atoms with Crippen molar-refractivity contribution in [3.8, 4) is 11.5 Å². The van der Waals surface area contributed by atoms with Crippen molar-refractivity contribution >= 4 is 34.5 Å². The summed E-state index contributed by atoms with van der Waals surface area (Å²) in [5.41, 5.74) is 2.57. The summed E-state index contributed by atoms with van der Waals surface area (Å²) in [6.45, 7) is 0. The van der Waals surface area contributed by atoms with Crippen LogP contribution in [0.15, 0.2) is 22.1 Å². The molecule has 13 heavy (non-hydrogen) atoms. The Labute approximate surface area is 83.4 Å². The van der Waals surface area contributed by atoms with E-state index in [0.717, 1.165) is 5.69 Å². The fraction of sp³-hybridized carbons (Fsp3) is 0. The third-order valence-corrected chi connectivity index (χ3v) is 2.08. The van der Waals surface area contributed by atoms with Gasteiger partial charge in [-0.3, -0.25) is 0 Å². The van der Waals surface area contributed by atoms with Gasteiger partial charge in [-0.2, -0.15) is 4.99 Å². The Hall–Kier alpha value is -1.36. The van der Waals surface area contributed by atoms with Gasteiger partial charge in [-0.1, -0.05) is 0 Å². The number of nitrogens with zero attached hydrogens (tertiary/aromatic N) is 3. The highest BCUT2D eigenvalue weighted by atomic mass is 32.1. The number of H-pyrrole nitrogens is 1. The topological polar surface area (TPSA) is 53.9 Å². The van der Waals surface area contributed by atoms with E-state index in [1.165, 1.54) is 11.3 Å². The molecule has 1 N–H and O–H groups in total. The van der Waals surface area contributed by atoms with Gasteiger partial charge in [-0.25, -0.2) is 9.97 Å². The lowest BCUT2D eigenvalue weighted by Gasteiger charge is -1.85. The minimum absolute atomic E-state index is 0.595. The number of hydrogen-bond acceptors (Lipinski definition) is 5. The van der Waals surface area contributed by atoms with Crippen LogP contribution in [0.2, 0.25) is 0 Å². The van der Waals surface area contributed by atoms with Crippen molar-refractivity contribution < 1.29 is 0 Å². The van der Waals surface area contributed by atoms with Crippen LogP contribution in [-0.4, -0.2) is 20.1 Å². The predicted molar refractivity (Wildman–Crippen MR) is 54.4 cm³/mol. The van der Waals surface area contributed by atoms with E-state index in [1.807, 2.05) is 5.38 Å². The van der Waals surface area contributed by atoms with Crippen molar-refractivity contribution in [1.82, 2.24) is 15.0 Å². The number of thiazole rings is 1. The molecule has 2 heterocycles. The van der Waals surface area contributed by atoms with Gasteiger partial charge in [0.05, 0.1) is 16.9 Å². The number of aromatic nitrogens is 3. The predicted octanol–water partition coefficient (Wildman–Crippen LogP) is 2.27. The monoisotopic (exact) mass is 208 g/mol. The first kappa shape index (κ1) is 8.25. The molecule has 0 aliphatic heterocycles. The van der Waals surface area contributed by atoms with Gasteiger partial charge in [-0.15, -0.1) is 11.3 Å². The summed E-state index contributed by atoms with van der Waals surface area (Å²) in [4.78, 5) is 14.9. The van der Waals surface area contributed by atoms with Crippen LogP contribution in [0.1, 0.15) is 0 Å². The van der Waals surface area contributed by atoms with E-state index in [4.69, 9.17) is 0 Å². The van der Waals surface area contributed by atoms with E-state index < -0.39 is 0 Å². The van der Waals surface area contributed by atoms with Crippen LogP contribution in [0, 0.1) is 0 Å². The molecular formula is C7H4N4S2. The van der Waals surface area contributed by atoms with Crippen LogP contribution >= 0.6 is 23.6 Å². The standard InChI is InChI=1S/C7H4N4S2/c12-3-9-6-1-8-7(11-6)5-2-13-4-10-5/h1-2,4H,(H,8,11). The van der Waals surface area contributed by atoms with Crippen LogP contribution in [0.25, 0.3) is 11.5 Å². The van der Waals surface area contributed by atoms with E-state index in [1.54, 1.807) is 11.7 Å². The first-order valence-electron chi connectivity index (χ1n) is 3.41. The highest BCUT2D eigenvalue weighted by Gasteiger charge is 2.03. The Balaban J connectivity index is 2.38. The van der Waals surface area contributed by atoms with Crippen molar-refractivity contribution in [2.24, 2.45) is 4.99 Å². The fourth-order valence-electron chi connectivity index (χ4n) is 0.877. The molecule has 0 aliphatic rings. The Morgan fingerprint density at radius 2 is 2.46 bits per heavy atom. The van der Waals surface area contributed by atoms with Gasteiger partial charge >= 0.3 is 0 Å². The zero-order valence-electron chi connectivity index (χ0n) is 6.39. The summed E-state index contributed by atoms with van der Waals surface area (Å²) < 4.78 is 0. The highest BCUT2D eigenvalue weighted by molar-refractivity contribution is 7.78. The number of hydrogen-bond donors (Lipinski definition) is 1. The second-order valence-electron chi connectivity index (χ2n) is 2.19. The van der Waals surface area contributed by atoms with Crippen LogP contribution in [0.5, 0.6) is 0 Å². The first-order valence-corrected chi connectivity index (χ1v) is 4.76. The molecule has 0 bridgehead atoms. The van der Waals surface area contributed by atoms with Crippen molar-refractivity contribution in [2.75, 3.05) is 0 Å². The molecule has 0 fully saturated rings. The van der Waals surface area contributed by atoms with Gasteiger partial charge in [0.2, 0.25) is 0 Å². The second kappa shape index (κ2) is 3.57. The summed E-state index contributed by atoms with van der Waals surface area (Å²) in [6.07, 6.45) is 1.59. The normalized spacial score (nSPS) is 9.54. The van der Waals surface area contributed by atoms with Gasteiger partial charge in [0.25, 0.3) is 0 Å². The Kier molecular flexibility index (Phi) is 2.27. The molecule has 64 valence electrons. The molecule has 2 rings (SSSR count). The van der Waals surface area contributed by atoms with E-state index in [9.17, 15) is 0 Å². The largest absolute Gasteiger partial charge is 0.321 e. The Bertz CT molecular complexity index is 439. The molecule has 0 radical (unpaired) electrons. The summed E-state index contributed by atoms with van der Waals surface area (Å²) in [7, 11) is 0. The molecule has 0 atom stereocenters. The minimum Gasteiger partial charge on any atom is -0.321 e. The molecule has 2 aromatic heterocycles.